The summed E-state index contributed by atoms with van der Waals surface area (Å²) in [4.78, 5) is 32.7. The van der Waals surface area contributed by atoms with E-state index in [0.29, 0.717) is 36.7 Å². The Morgan fingerprint density at radius 3 is 3.07 bits per heavy atom. The molecule has 0 bridgehead atoms. The fraction of sp³-hybridized carbons (Fsp3) is 0.316. The fourth-order valence-electron chi connectivity index (χ4n) is 3.18. The van der Waals surface area contributed by atoms with Crippen LogP contribution >= 0.6 is 11.3 Å². The number of thiophene rings is 1. The van der Waals surface area contributed by atoms with E-state index in [4.69, 9.17) is 4.52 Å². The number of aryl methyl sites for hydroxylation is 1. The van der Waals surface area contributed by atoms with Gasteiger partial charge in [-0.05, 0) is 40.9 Å². The molecule has 1 fully saturated rings. The number of nitrogens with one attached hydrogen (secondary N) is 2. The monoisotopic (exact) mass is 397 g/mol. The molecule has 3 aromatic rings. The van der Waals surface area contributed by atoms with E-state index in [1.54, 1.807) is 23.6 Å². The van der Waals surface area contributed by atoms with Crippen LogP contribution in [0.2, 0.25) is 0 Å². The largest absolute Gasteiger partial charge is 0.351 e. The van der Waals surface area contributed by atoms with E-state index in [2.05, 4.69) is 25.8 Å². The van der Waals surface area contributed by atoms with Gasteiger partial charge in [0, 0.05) is 25.5 Å². The van der Waals surface area contributed by atoms with Crippen LogP contribution in [0.25, 0.3) is 11.5 Å². The van der Waals surface area contributed by atoms with Crippen LogP contribution in [0.1, 0.15) is 36.8 Å². The molecule has 0 aromatic carbocycles. The summed E-state index contributed by atoms with van der Waals surface area (Å²) in [6.07, 6.45) is 3.25. The van der Waals surface area contributed by atoms with E-state index in [1.807, 2.05) is 29.0 Å². The van der Waals surface area contributed by atoms with E-state index in [1.165, 1.54) is 0 Å². The third-order valence-electron chi connectivity index (χ3n) is 4.58. The second kappa shape index (κ2) is 8.30. The molecule has 28 heavy (non-hydrogen) atoms. The van der Waals surface area contributed by atoms with Gasteiger partial charge >= 0.3 is 0 Å². The van der Waals surface area contributed by atoms with Gasteiger partial charge in [-0.3, -0.25) is 14.6 Å². The highest BCUT2D eigenvalue weighted by molar-refractivity contribution is 7.08. The second-order valence-corrected chi connectivity index (χ2v) is 7.32. The van der Waals surface area contributed by atoms with Crippen LogP contribution in [0.5, 0.6) is 0 Å². The van der Waals surface area contributed by atoms with Crippen molar-refractivity contribution in [2.75, 3.05) is 0 Å². The van der Waals surface area contributed by atoms with Crippen LogP contribution in [-0.2, 0) is 16.0 Å². The van der Waals surface area contributed by atoms with Crippen molar-refractivity contribution in [2.24, 2.45) is 0 Å². The number of nitrogens with zero attached hydrogens (tertiary/aromatic N) is 3. The molecule has 2 N–H and O–H groups in total. The minimum Gasteiger partial charge on any atom is -0.351 e. The SMILES string of the molecule is O=C(CCc1nc(-c2ccccn2)no1)N[C@@H]1CCC(=O)N[C@H]1c1ccsc1. The number of piperidine rings is 1. The van der Waals surface area contributed by atoms with Gasteiger partial charge < -0.3 is 15.2 Å². The van der Waals surface area contributed by atoms with Crippen molar-refractivity contribution in [3.05, 3.63) is 52.7 Å². The van der Waals surface area contributed by atoms with Crippen molar-refractivity contribution in [3.63, 3.8) is 0 Å². The molecule has 3 aromatic heterocycles. The number of hydrogen-bond donors (Lipinski definition) is 2. The maximum Gasteiger partial charge on any atom is 0.227 e. The number of amides is 2. The average Bonchev–Trinajstić information content (AvgIpc) is 3.41. The molecule has 8 nitrogen and oxygen atoms in total. The molecular formula is C19H19N5O3S. The van der Waals surface area contributed by atoms with E-state index in [9.17, 15) is 9.59 Å². The third-order valence-corrected chi connectivity index (χ3v) is 5.28. The molecule has 0 unspecified atom stereocenters. The molecule has 0 saturated carbocycles. The fourth-order valence-corrected chi connectivity index (χ4v) is 3.87. The summed E-state index contributed by atoms with van der Waals surface area (Å²) in [5.41, 5.74) is 1.64. The first-order chi connectivity index (χ1) is 13.7. The molecule has 0 radical (unpaired) electrons. The minimum absolute atomic E-state index is 0.00890. The first-order valence-corrected chi connectivity index (χ1v) is 9.98. The summed E-state index contributed by atoms with van der Waals surface area (Å²) in [5, 5.41) is 13.9. The zero-order valence-corrected chi connectivity index (χ0v) is 15.8. The predicted octanol–water partition coefficient (Wildman–Crippen LogP) is 2.26. The Morgan fingerprint density at radius 1 is 1.36 bits per heavy atom. The molecule has 0 aliphatic carbocycles. The standard InChI is InChI=1S/C19H19N5O3S/c25-15(6-7-17-23-19(24-27-17)14-3-1-2-9-20-14)21-13-4-5-16(26)22-18(13)12-8-10-28-11-12/h1-3,8-11,13,18H,4-7H2,(H,21,25)(H,22,26)/t13-,18+/m1/s1. The molecule has 1 saturated heterocycles. The number of pyridine rings is 1. The highest BCUT2D eigenvalue weighted by Crippen LogP contribution is 2.26. The van der Waals surface area contributed by atoms with Crippen LogP contribution in [0.3, 0.4) is 0 Å². The van der Waals surface area contributed by atoms with Gasteiger partial charge in [0.2, 0.25) is 23.5 Å². The molecule has 2 amide bonds. The number of carbonyl (C=O) groups excluding carboxylic acids is 2. The molecule has 9 heteroatoms. The average molecular weight is 397 g/mol. The quantitative estimate of drug-likeness (QED) is 0.660. The summed E-state index contributed by atoms with van der Waals surface area (Å²) in [7, 11) is 0. The normalized spacial score (nSPS) is 19.2. The third kappa shape index (κ3) is 4.25. The Balaban J connectivity index is 1.34. The Labute approximate surface area is 165 Å². The van der Waals surface area contributed by atoms with Crippen LogP contribution in [-0.4, -0.2) is 33.0 Å². The van der Waals surface area contributed by atoms with Crippen LogP contribution < -0.4 is 10.6 Å². The first kappa shape index (κ1) is 18.3. The van der Waals surface area contributed by atoms with Gasteiger partial charge in [-0.15, -0.1) is 0 Å². The lowest BCUT2D eigenvalue weighted by Gasteiger charge is -2.32. The van der Waals surface area contributed by atoms with Gasteiger partial charge in [-0.1, -0.05) is 11.2 Å². The van der Waals surface area contributed by atoms with Crippen LogP contribution in [0.4, 0.5) is 0 Å². The summed E-state index contributed by atoms with van der Waals surface area (Å²) in [5.74, 6) is 0.694. The number of carbonyl (C=O) groups is 2. The van der Waals surface area contributed by atoms with Gasteiger partial charge in [-0.2, -0.15) is 16.3 Å². The molecule has 144 valence electrons. The molecule has 4 rings (SSSR count). The molecular weight excluding hydrogens is 378 g/mol. The zero-order valence-electron chi connectivity index (χ0n) is 15.0. The molecule has 0 spiro atoms. The Hall–Kier alpha value is -3.07. The van der Waals surface area contributed by atoms with Crippen molar-refractivity contribution in [1.82, 2.24) is 25.8 Å². The summed E-state index contributed by atoms with van der Waals surface area (Å²) >= 11 is 1.57. The lowest BCUT2D eigenvalue weighted by Crippen LogP contribution is -2.50. The van der Waals surface area contributed by atoms with Gasteiger partial charge in [0.25, 0.3) is 0 Å². The van der Waals surface area contributed by atoms with Crippen LogP contribution in [0, 0.1) is 0 Å². The predicted molar refractivity (Wildman–Crippen MR) is 102 cm³/mol. The smallest absolute Gasteiger partial charge is 0.227 e. The van der Waals surface area contributed by atoms with Crippen molar-refractivity contribution in [2.45, 2.75) is 37.8 Å². The summed E-state index contributed by atoms with van der Waals surface area (Å²) in [6.45, 7) is 0. The van der Waals surface area contributed by atoms with E-state index >= 15 is 0 Å². The van der Waals surface area contributed by atoms with E-state index < -0.39 is 0 Å². The van der Waals surface area contributed by atoms with E-state index in [-0.39, 0.29) is 30.3 Å². The highest BCUT2D eigenvalue weighted by atomic mass is 32.1. The minimum atomic E-state index is -0.199. The highest BCUT2D eigenvalue weighted by Gasteiger charge is 2.31. The maximum atomic E-state index is 12.4. The van der Waals surface area contributed by atoms with Gasteiger partial charge in [0.05, 0.1) is 12.1 Å². The van der Waals surface area contributed by atoms with Crippen molar-refractivity contribution < 1.29 is 14.1 Å². The van der Waals surface area contributed by atoms with Gasteiger partial charge in [-0.25, -0.2) is 0 Å². The number of hydrogen-bond acceptors (Lipinski definition) is 7. The molecule has 4 heterocycles. The topological polar surface area (TPSA) is 110 Å². The maximum absolute atomic E-state index is 12.4. The second-order valence-electron chi connectivity index (χ2n) is 6.54. The van der Waals surface area contributed by atoms with Gasteiger partial charge in [0.15, 0.2) is 0 Å². The Morgan fingerprint density at radius 2 is 2.29 bits per heavy atom. The first-order valence-electron chi connectivity index (χ1n) is 9.04. The van der Waals surface area contributed by atoms with Crippen molar-refractivity contribution >= 4 is 23.2 Å². The molecule has 1 aliphatic rings. The Kier molecular flexibility index (Phi) is 5.43. The van der Waals surface area contributed by atoms with Crippen molar-refractivity contribution in [1.29, 1.82) is 0 Å². The summed E-state index contributed by atoms with van der Waals surface area (Å²) < 4.78 is 5.22. The molecule has 2 atom stereocenters. The molecule has 1 aliphatic heterocycles. The van der Waals surface area contributed by atoms with Gasteiger partial charge in [0.1, 0.15) is 5.69 Å². The lowest BCUT2D eigenvalue weighted by molar-refractivity contribution is -0.127. The lowest BCUT2D eigenvalue weighted by atomic mass is 9.93. The number of rotatable bonds is 6. The van der Waals surface area contributed by atoms with Crippen molar-refractivity contribution in [3.8, 4) is 11.5 Å². The van der Waals surface area contributed by atoms with E-state index in [0.717, 1.165) is 5.56 Å². The van der Waals surface area contributed by atoms with Crippen LogP contribution in [0.15, 0.2) is 45.7 Å². The zero-order chi connectivity index (χ0) is 19.3. The summed E-state index contributed by atoms with van der Waals surface area (Å²) in [6, 6.07) is 7.09. The Bertz CT molecular complexity index is 942. The number of aromatic nitrogens is 3.